The second kappa shape index (κ2) is 8.11. The number of para-hydroxylation sites is 1. The summed E-state index contributed by atoms with van der Waals surface area (Å²) in [5.74, 6) is -2.16. The number of ether oxygens (including phenoxy) is 2. The van der Waals surface area contributed by atoms with Crippen LogP contribution in [0.15, 0.2) is 24.3 Å². The van der Waals surface area contributed by atoms with E-state index in [1.54, 1.807) is 6.07 Å². The Labute approximate surface area is 115 Å². The summed E-state index contributed by atoms with van der Waals surface area (Å²) in [6.45, 7) is -0.179. The molecule has 1 aromatic rings. The van der Waals surface area contributed by atoms with E-state index < -0.39 is 23.7 Å². The summed E-state index contributed by atoms with van der Waals surface area (Å²) in [5, 5.41) is 11.1. The van der Waals surface area contributed by atoms with Gasteiger partial charge in [0, 0.05) is 7.11 Å². The average molecular weight is 285 g/mol. The third kappa shape index (κ3) is 5.23. The molecule has 1 atom stereocenters. The van der Waals surface area contributed by atoms with E-state index in [0.29, 0.717) is 0 Å². The molecule has 1 amide bonds. The van der Waals surface area contributed by atoms with Gasteiger partial charge in [0.25, 0.3) is 0 Å². The molecule has 0 heterocycles. The Morgan fingerprint density at radius 3 is 2.70 bits per heavy atom. The fourth-order valence-electron chi connectivity index (χ4n) is 1.42. The van der Waals surface area contributed by atoms with E-state index >= 15 is 0 Å². The summed E-state index contributed by atoms with van der Waals surface area (Å²) in [6.07, 6.45) is -0.0815. The number of nitrogens with one attached hydrogen (secondary N) is 1. The van der Waals surface area contributed by atoms with Gasteiger partial charge in [0.2, 0.25) is 5.91 Å². The van der Waals surface area contributed by atoms with Gasteiger partial charge >= 0.3 is 5.97 Å². The van der Waals surface area contributed by atoms with Crippen molar-refractivity contribution in [1.29, 1.82) is 0 Å². The fourth-order valence-corrected chi connectivity index (χ4v) is 1.42. The number of aliphatic carboxylic acids is 1. The second-order valence-corrected chi connectivity index (χ2v) is 3.94. The number of hydrogen-bond acceptors (Lipinski definition) is 4. The van der Waals surface area contributed by atoms with E-state index in [2.05, 4.69) is 10.1 Å². The van der Waals surface area contributed by atoms with Crippen LogP contribution in [0.2, 0.25) is 0 Å². The number of halogens is 1. The van der Waals surface area contributed by atoms with Gasteiger partial charge in [-0.15, -0.1) is 0 Å². The maximum absolute atomic E-state index is 13.2. The van der Waals surface area contributed by atoms with E-state index in [0.717, 1.165) is 0 Å². The Morgan fingerprint density at radius 1 is 1.40 bits per heavy atom. The lowest BCUT2D eigenvalue weighted by Gasteiger charge is -2.13. The number of rotatable bonds is 8. The lowest BCUT2D eigenvalue weighted by Crippen LogP contribution is -2.44. The maximum Gasteiger partial charge on any atom is 0.328 e. The highest BCUT2D eigenvalue weighted by Crippen LogP contribution is 2.15. The molecule has 7 heteroatoms. The van der Waals surface area contributed by atoms with Crippen molar-refractivity contribution < 1.29 is 28.6 Å². The lowest BCUT2D eigenvalue weighted by atomic mass is 10.3. The van der Waals surface area contributed by atoms with E-state index in [1.807, 2.05) is 0 Å². The molecule has 0 aromatic heterocycles. The predicted molar refractivity (Wildman–Crippen MR) is 68.0 cm³/mol. The van der Waals surface area contributed by atoms with Gasteiger partial charge in [-0.3, -0.25) is 4.79 Å². The van der Waals surface area contributed by atoms with Gasteiger partial charge in [0.05, 0.1) is 19.6 Å². The summed E-state index contributed by atoms with van der Waals surface area (Å²) in [7, 11) is 1.34. The molecule has 6 nitrogen and oxygen atoms in total. The van der Waals surface area contributed by atoms with Crippen molar-refractivity contribution in [3.05, 3.63) is 30.1 Å². The minimum atomic E-state index is -1.18. The number of methoxy groups -OCH3 is 1. The number of benzene rings is 1. The van der Waals surface area contributed by atoms with Crippen molar-refractivity contribution in [2.75, 3.05) is 20.3 Å². The first-order valence-electron chi connectivity index (χ1n) is 5.93. The third-order valence-electron chi connectivity index (χ3n) is 2.39. The Hall–Kier alpha value is -2.15. The first kappa shape index (κ1) is 15.9. The van der Waals surface area contributed by atoms with Crippen molar-refractivity contribution >= 4 is 11.9 Å². The third-order valence-corrected chi connectivity index (χ3v) is 2.39. The predicted octanol–water partition coefficient (Wildman–Crippen LogP) is 0.810. The average Bonchev–Trinajstić information content (AvgIpc) is 2.40. The van der Waals surface area contributed by atoms with Gasteiger partial charge in [-0.2, -0.15) is 0 Å². The number of carbonyl (C=O) groups excluding carboxylic acids is 1. The molecule has 0 bridgehead atoms. The number of amides is 1. The van der Waals surface area contributed by atoms with Crippen LogP contribution in [-0.2, 0) is 14.3 Å². The first-order valence-corrected chi connectivity index (χ1v) is 5.93. The highest BCUT2D eigenvalue weighted by Gasteiger charge is 2.19. The summed E-state index contributed by atoms with van der Waals surface area (Å²) in [6, 6.07) is 4.71. The highest BCUT2D eigenvalue weighted by molar-refractivity contribution is 5.83. The van der Waals surface area contributed by atoms with E-state index in [1.165, 1.54) is 25.3 Å². The van der Waals surface area contributed by atoms with Gasteiger partial charge in [0.1, 0.15) is 0 Å². The normalized spacial score (nSPS) is 11.7. The SMILES string of the molecule is COCC(NC(=O)CCOc1ccccc1F)C(=O)O. The molecule has 0 aliphatic rings. The molecule has 0 spiro atoms. The van der Waals surface area contributed by atoms with Crippen LogP contribution in [0.1, 0.15) is 6.42 Å². The molecule has 0 saturated carbocycles. The Bertz CT molecular complexity index is 466. The van der Waals surface area contributed by atoms with E-state index in [-0.39, 0.29) is 25.4 Å². The fraction of sp³-hybridized carbons (Fsp3) is 0.385. The van der Waals surface area contributed by atoms with Crippen molar-refractivity contribution in [2.24, 2.45) is 0 Å². The molecule has 0 aliphatic carbocycles. The number of hydrogen-bond donors (Lipinski definition) is 2. The van der Waals surface area contributed by atoms with Crippen LogP contribution >= 0.6 is 0 Å². The monoisotopic (exact) mass is 285 g/mol. The van der Waals surface area contributed by atoms with Gasteiger partial charge < -0.3 is 19.9 Å². The zero-order valence-corrected chi connectivity index (χ0v) is 11.0. The molecule has 1 rings (SSSR count). The van der Waals surface area contributed by atoms with Gasteiger partial charge in [0.15, 0.2) is 17.6 Å². The number of carboxylic acids is 1. The van der Waals surface area contributed by atoms with Crippen LogP contribution in [0.3, 0.4) is 0 Å². The largest absolute Gasteiger partial charge is 0.490 e. The van der Waals surface area contributed by atoms with Crippen molar-refractivity contribution in [1.82, 2.24) is 5.32 Å². The Kier molecular flexibility index (Phi) is 6.45. The van der Waals surface area contributed by atoms with Crippen LogP contribution in [0.25, 0.3) is 0 Å². The summed E-state index contributed by atoms with van der Waals surface area (Å²) >= 11 is 0. The van der Waals surface area contributed by atoms with Gasteiger partial charge in [-0.05, 0) is 12.1 Å². The van der Waals surface area contributed by atoms with Gasteiger partial charge in [-0.25, -0.2) is 9.18 Å². The van der Waals surface area contributed by atoms with Crippen LogP contribution in [-0.4, -0.2) is 43.3 Å². The number of carboxylic acid groups (broad SMARTS) is 1. The van der Waals surface area contributed by atoms with Crippen LogP contribution in [0.4, 0.5) is 4.39 Å². The Morgan fingerprint density at radius 2 is 2.10 bits per heavy atom. The molecule has 20 heavy (non-hydrogen) atoms. The maximum atomic E-state index is 13.2. The molecular weight excluding hydrogens is 269 g/mol. The molecular formula is C13H16FNO5. The van der Waals surface area contributed by atoms with E-state index in [9.17, 15) is 14.0 Å². The molecule has 1 unspecified atom stereocenters. The summed E-state index contributed by atoms with van der Waals surface area (Å²) < 4.78 is 23.0. The van der Waals surface area contributed by atoms with E-state index in [4.69, 9.17) is 9.84 Å². The molecule has 0 fully saturated rings. The molecule has 110 valence electrons. The van der Waals surface area contributed by atoms with Crippen LogP contribution < -0.4 is 10.1 Å². The van der Waals surface area contributed by atoms with Crippen LogP contribution in [0, 0.1) is 5.82 Å². The first-order chi connectivity index (χ1) is 9.54. The minimum absolute atomic E-state index is 0.0481. The molecule has 0 saturated heterocycles. The van der Waals surface area contributed by atoms with Gasteiger partial charge in [-0.1, -0.05) is 12.1 Å². The second-order valence-electron chi connectivity index (χ2n) is 3.94. The lowest BCUT2D eigenvalue weighted by molar-refractivity contribution is -0.143. The summed E-state index contributed by atoms with van der Waals surface area (Å²) in [5.41, 5.74) is 0. The van der Waals surface area contributed by atoms with Crippen molar-refractivity contribution in [2.45, 2.75) is 12.5 Å². The van der Waals surface area contributed by atoms with Crippen LogP contribution in [0.5, 0.6) is 5.75 Å². The minimum Gasteiger partial charge on any atom is -0.490 e. The zero-order valence-electron chi connectivity index (χ0n) is 11.0. The standard InChI is InChI=1S/C13H16FNO5/c1-19-8-10(13(17)18)15-12(16)6-7-20-11-5-3-2-4-9(11)14/h2-5,10H,6-8H2,1H3,(H,15,16)(H,17,18). The van der Waals surface area contributed by atoms with Crippen molar-refractivity contribution in [3.8, 4) is 5.75 Å². The quantitative estimate of drug-likeness (QED) is 0.738. The smallest absolute Gasteiger partial charge is 0.328 e. The number of carbonyl (C=O) groups is 2. The topological polar surface area (TPSA) is 84.9 Å². The molecule has 0 aliphatic heterocycles. The molecule has 2 N–H and O–H groups in total. The Balaban J connectivity index is 2.36. The highest BCUT2D eigenvalue weighted by atomic mass is 19.1. The van der Waals surface area contributed by atoms with Crippen molar-refractivity contribution in [3.63, 3.8) is 0 Å². The molecule has 1 aromatic carbocycles. The zero-order chi connectivity index (χ0) is 15.0. The molecule has 0 radical (unpaired) electrons. The summed E-state index contributed by atoms with van der Waals surface area (Å²) in [4.78, 5) is 22.3.